The Morgan fingerprint density at radius 3 is 2.43 bits per heavy atom. The van der Waals surface area contributed by atoms with Gasteiger partial charge in [-0.1, -0.05) is 13.8 Å². The summed E-state index contributed by atoms with van der Waals surface area (Å²) in [7, 11) is 1.83. The molecule has 0 fully saturated rings. The molecule has 1 aromatic rings. The standard InChI is InChI=1S/C16H27N3O2/c1-4-19(5-2)12-13-21-15-8-6-14(7-9-15)18-16(20)10-11-17-3/h6-9,17H,4-5,10-13H2,1-3H3,(H,18,20). The van der Waals surface area contributed by atoms with Crippen molar-refractivity contribution in [2.45, 2.75) is 20.3 Å². The van der Waals surface area contributed by atoms with Gasteiger partial charge < -0.3 is 20.3 Å². The first-order valence-electron chi connectivity index (χ1n) is 7.59. The molecule has 0 saturated carbocycles. The van der Waals surface area contributed by atoms with Gasteiger partial charge in [0, 0.05) is 25.2 Å². The van der Waals surface area contributed by atoms with E-state index < -0.39 is 0 Å². The van der Waals surface area contributed by atoms with Gasteiger partial charge >= 0.3 is 0 Å². The summed E-state index contributed by atoms with van der Waals surface area (Å²) < 4.78 is 5.70. The monoisotopic (exact) mass is 293 g/mol. The molecular formula is C16H27N3O2. The van der Waals surface area contributed by atoms with Crippen LogP contribution in [0.25, 0.3) is 0 Å². The van der Waals surface area contributed by atoms with E-state index in [4.69, 9.17) is 4.74 Å². The van der Waals surface area contributed by atoms with Crippen LogP contribution in [0.4, 0.5) is 5.69 Å². The minimum absolute atomic E-state index is 0.0135. The van der Waals surface area contributed by atoms with Crippen molar-refractivity contribution in [2.24, 2.45) is 0 Å². The van der Waals surface area contributed by atoms with E-state index in [-0.39, 0.29) is 5.91 Å². The predicted molar refractivity (Wildman–Crippen MR) is 86.9 cm³/mol. The number of anilines is 1. The number of hydrogen-bond acceptors (Lipinski definition) is 4. The Morgan fingerprint density at radius 2 is 1.86 bits per heavy atom. The maximum absolute atomic E-state index is 11.6. The average Bonchev–Trinajstić information content (AvgIpc) is 2.51. The fraction of sp³-hybridized carbons (Fsp3) is 0.562. The summed E-state index contributed by atoms with van der Waals surface area (Å²) in [5.41, 5.74) is 0.798. The largest absolute Gasteiger partial charge is 0.492 e. The zero-order chi connectivity index (χ0) is 15.5. The Bertz CT molecular complexity index is 402. The number of carbonyl (C=O) groups is 1. The lowest BCUT2D eigenvalue weighted by atomic mass is 10.3. The molecule has 0 radical (unpaired) electrons. The highest BCUT2D eigenvalue weighted by Gasteiger charge is 2.02. The van der Waals surface area contributed by atoms with E-state index in [1.54, 1.807) is 0 Å². The summed E-state index contributed by atoms with van der Waals surface area (Å²) >= 11 is 0. The molecule has 5 heteroatoms. The van der Waals surface area contributed by atoms with Crippen molar-refractivity contribution in [3.05, 3.63) is 24.3 Å². The second kappa shape index (κ2) is 10.2. The van der Waals surface area contributed by atoms with Crippen molar-refractivity contribution in [3.63, 3.8) is 0 Å². The topological polar surface area (TPSA) is 53.6 Å². The van der Waals surface area contributed by atoms with Crippen LogP contribution in [0.5, 0.6) is 5.75 Å². The third-order valence-corrected chi connectivity index (χ3v) is 3.31. The van der Waals surface area contributed by atoms with Crippen LogP contribution in [0.15, 0.2) is 24.3 Å². The van der Waals surface area contributed by atoms with Crippen molar-refractivity contribution >= 4 is 11.6 Å². The molecule has 1 aromatic carbocycles. The van der Waals surface area contributed by atoms with Gasteiger partial charge in [-0.25, -0.2) is 0 Å². The van der Waals surface area contributed by atoms with Gasteiger partial charge in [0.2, 0.25) is 5.91 Å². The summed E-state index contributed by atoms with van der Waals surface area (Å²) in [5.74, 6) is 0.843. The highest BCUT2D eigenvalue weighted by atomic mass is 16.5. The first-order valence-corrected chi connectivity index (χ1v) is 7.59. The third kappa shape index (κ3) is 7.11. The molecule has 0 aromatic heterocycles. The molecule has 0 heterocycles. The number of carbonyl (C=O) groups excluding carboxylic acids is 1. The van der Waals surface area contributed by atoms with Crippen molar-refractivity contribution in [2.75, 3.05) is 45.2 Å². The Balaban J connectivity index is 2.34. The van der Waals surface area contributed by atoms with E-state index in [1.807, 2.05) is 31.3 Å². The highest BCUT2D eigenvalue weighted by Crippen LogP contribution is 2.15. The van der Waals surface area contributed by atoms with Crippen LogP contribution in [0.1, 0.15) is 20.3 Å². The Kier molecular flexibility index (Phi) is 8.47. The Labute approximate surface area is 127 Å². The molecule has 1 amide bonds. The van der Waals surface area contributed by atoms with Gasteiger partial charge in [-0.15, -0.1) is 0 Å². The molecule has 1 rings (SSSR count). The molecule has 118 valence electrons. The van der Waals surface area contributed by atoms with E-state index in [0.717, 1.165) is 31.1 Å². The molecule has 0 aliphatic heterocycles. The van der Waals surface area contributed by atoms with Gasteiger partial charge in [-0.3, -0.25) is 4.79 Å². The molecule has 0 saturated heterocycles. The quantitative estimate of drug-likeness (QED) is 0.692. The number of rotatable bonds is 10. The van der Waals surface area contributed by atoms with Crippen LogP contribution < -0.4 is 15.4 Å². The fourth-order valence-electron chi connectivity index (χ4n) is 1.93. The van der Waals surface area contributed by atoms with E-state index in [2.05, 4.69) is 29.4 Å². The SMILES string of the molecule is CCN(CC)CCOc1ccc(NC(=O)CCNC)cc1. The number of nitrogens with zero attached hydrogens (tertiary/aromatic N) is 1. The Morgan fingerprint density at radius 1 is 1.19 bits per heavy atom. The minimum atomic E-state index is 0.0135. The van der Waals surface area contributed by atoms with E-state index in [1.165, 1.54) is 0 Å². The van der Waals surface area contributed by atoms with Gasteiger partial charge in [0.25, 0.3) is 0 Å². The van der Waals surface area contributed by atoms with Crippen LogP contribution in [-0.4, -0.2) is 50.6 Å². The van der Waals surface area contributed by atoms with E-state index in [0.29, 0.717) is 19.6 Å². The molecule has 0 aliphatic carbocycles. The smallest absolute Gasteiger partial charge is 0.225 e. The van der Waals surface area contributed by atoms with Crippen molar-refractivity contribution < 1.29 is 9.53 Å². The number of amides is 1. The second-order valence-corrected chi connectivity index (χ2v) is 4.80. The molecule has 21 heavy (non-hydrogen) atoms. The maximum atomic E-state index is 11.6. The van der Waals surface area contributed by atoms with Crippen LogP contribution >= 0.6 is 0 Å². The van der Waals surface area contributed by atoms with Crippen molar-refractivity contribution in [1.82, 2.24) is 10.2 Å². The predicted octanol–water partition coefficient (Wildman–Crippen LogP) is 1.96. The molecule has 0 bridgehead atoms. The summed E-state index contributed by atoms with van der Waals surface area (Å²) in [6.45, 7) is 8.66. The number of benzene rings is 1. The first kappa shape index (κ1) is 17.5. The minimum Gasteiger partial charge on any atom is -0.492 e. The average molecular weight is 293 g/mol. The van der Waals surface area contributed by atoms with E-state index >= 15 is 0 Å². The van der Waals surface area contributed by atoms with Gasteiger partial charge in [-0.05, 0) is 44.4 Å². The maximum Gasteiger partial charge on any atom is 0.225 e. The molecule has 5 nitrogen and oxygen atoms in total. The summed E-state index contributed by atoms with van der Waals surface area (Å²) in [6, 6.07) is 7.50. The van der Waals surface area contributed by atoms with Gasteiger partial charge in [0.1, 0.15) is 12.4 Å². The molecular weight excluding hydrogens is 266 g/mol. The zero-order valence-electron chi connectivity index (χ0n) is 13.3. The summed E-state index contributed by atoms with van der Waals surface area (Å²) in [4.78, 5) is 13.9. The van der Waals surface area contributed by atoms with E-state index in [9.17, 15) is 4.79 Å². The number of ether oxygens (including phenoxy) is 1. The molecule has 0 spiro atoms. The zero-order valence-corrected chi connectivity index (χ0v) is 13.3. The van der Waals surface area contributed by atoms with Gasteiger partial charge in [0.05, 0.1) is 0 Å². The van der Waals surface area contributed by atoms with Crippen LogP contribution in [-0.2, 0) is 4.79 Å². The molecule has 0 atom stereocenters. The molecule has 2 N–H and O–H groups in total. The van der Waals surface area contributed by atoms with Crippen LogP contribution in [0.3, 0.4) is 0 Å². The normalized spacial score (nSPS) is 10.7. The number of hydrogen-bond donors (Lipinski definition) is 2. The lowest BCUT2D eigenvalue weighted by molar-refractivity contribution is -0.116. The second-order valence-electron chi connectivity index (χ2n) is 4.80. The molecule has 0 aliphatic rings. The van der Waals surface area contributed by atoms with Gasteiger partial charge in [0.15, 0.2) is 0 Å². The lowest BCUT2D eigenvalue weighted by Crippen LogP contribution is -2.27. The number of nitrogens with one attached hydrogen (secondary N) is 2. The summed E-state index contributed by atoms with van der Waals surface area (Å²) in [5, 5.41) is 5.80. The lowest BCUT2D eigenvalue weighted by Gasteiger charge is -2.18. The summed E-state index contributed by atoms with van der Waals surface area (Å²) in [6.07, 6.45) is 0.471. The first-order chi connectivity index (χ1) is 10.2. The highest BCUT2D eigenvalue weighted by molar-refractivity contribution is 5.90. The third-order valence-electron chi connectivity index (χ3n) is 3.31. The number of likely N-dealkylation sites (N-methyl/N-ethyl adjacent to an activating group) is 1. The fourth-order valence-corrected chi connectivity index (χ4v) is 1.93. The van der Waals surface area contributed by atoms with Crippen molar-refractivity contribution in [1.29, 1.82) is 0 Å². The molecule has 0 unspecified atom stereocenters. The van der Waals surface area contributed by atoms with Crippen LogP contribution in [0.2, 0.25) is 0 Å². The van der Waals surface area contributed by atoms with Crippen LogP contribution in [0, 0.1) is 0 Å². The van der Waals surface area contributed by atoms with Crippen molar-refractivity contribution in [3.8, 4) is 5.75 Å². The van der Waals surface area contributed by atoms with Gasteiger partial charge in [-0.2, -0.15) is 0 Å². The Hall–Kier alpha value is -1.59.